The molecule has 0 saturated carbocycles. The van der Waals surface area contributed by atoms with Crippen LogP contribution in [0.15, 0.2) is 60.7 Å². The third-order valence-corrected chi connectivity index (χ3v) is 7.05. The largest absolute Gasteiger partial charge is 0.480 e. The second-order valence-corrected chi connectivity index (χ2v) is 10.4. The van der Waals surface area contributed by atoms with Gasteiger partial charge in [0.05, 0.1) is 0 Å². The zero-order valence-corrected chi connectivity index (χ0v) is 24.0. The summed E-state index contributed by atoms with van der Waals surface area (Å²) in [5.74, 6) is -3.71. The smallest absolute Gasteiger partial charge is 0.336 e. The summed E-state index contributed by atoms with van der Waals surface area (Å²) in [5, 5.41) is 23.7. The van der Waals surface area contributed by atoms with Gasteiger partial charge in [-0.15, -0.1) is 0 Å². The third-order valence-electron chi connectivity index (χ3n) is 7.05. The fraction of sp³-hybridized carbons (Fsp3) is 0.424. The molecule has 0 aliphatic carbocycles. The van der Waals surface area contributed by atoms with Gasteiger partial charge in [0.1, 0.15) is 12.4 Å². The van der Waals surface area contributed by atoms with Crippen molar-refractivity contribution in [1.29, 1.82) is 0 Å². The van der Waals surface area contributed by atoms with Gasteiger partial charge in [0.25, 0.3) is 5.91 Å². The number of benzene rings is 3. The Morgan fingerprint density at radius 2 is 1.45 bits per heavy atom. The summed E-state index contributed by atoms with van der Waals surface area (Å²) >= 11 is 0. The fourth-order valence-electron chi connectivity index (χ4n) is 4.77. The van der Waals surface area contributed by atoms with E-state index in [0.717, 1.165) is 44.1 Å². The van der Waals surface area contributed by atoms with E-state index in [1.54, 1.807) is 13.0 Å². The van der Waals surface area contributed by atoms with Crippen molar-refractivity contribution in [3.8, 4) is 0 Å². The molecule has 3 N–H and O–H groups in total. The van der Waals surface area contributed by atoms with Crippen LogP contribution >= 0.6 is 0 Å². The molecule has 9 heteroatoms. The van der Waals surface area contributed by atoms with Crippen LogP contribution in [0.5, 0.6) is 0 Å². The number of aryl methyl sites for hydroxylation is 3. The lowest BCUT2D eigenvalue weighted by molar-refractivity contribution is -0.172. The van der Waals surface area contributed by atoms with Crippen LogP contribution in [0.2, 0.25) is 0 Å². The minimum atomic E-state index is -1.75. The minimum absolute atomic E-state index is 0.104. The van der Waals surface area contributed by atoms with Crippen LogP contribution in [0, 0.1) is 12.7 Å². The van der Waals surface area contributed by atoms with Crippen molar-refractivity contribution in [1.82, 2.24) is 5.32 Å². The normalized spacial score (nSPS) is 12.6. The van der Waals surface area contributed by atoms with Gasteiger partial charge in [0, 0.05) is 13.2 Å². The molecule has 3 rings (SSSR count). The summed E-state index contributed by atoms with van der Waals surface area (Å²) < 4.78 is 24.1. The first-order chi connectivity index (χ1) is 20.2. The number of aliphatic carboxylic acids is 2. The molecule has 0 aliphatic rings. The molecular weight excluding hydrogens is 541 g/mol. The first kappa shape index (κ1) is 32.7. The highest BCUT2D eigenvalue weighted by molar-refractivity contribution is 5.88. The topological polar surface area (TPSA) is 122 Å². The van der Waals surface area contributed by atoms with Crippen LogP contribution < -0.4 is 5.32 Å². The van der Waals surface area contributed by atoms with Crippen molar-refractivity contribution in [2.24, 2.45) is 0 Å². The van der Waals surface area contributed by atoms with E-state index >= 15 is 0 Å². The van der Waals surface area contributed by atoms with Gasteiger partial charge in [0.2, 0.25) is 0 Å². The summed E-state index contributed by atoms with van der Waals surface area (Å²) in [6, 6.07) is 19.6. The second kappa shape index (κ2) is 17.2. The molecule has 0 aliphatic heterocycles. The van der Waals surface area contributed by atoms with E-state index in [9.17, 15) is 23.9 Å². The minimum Gasteiger partial charge on any atom is -0.480 e. The average Bonchev–Trinajstić information content (AvgIpc) is 2.96. The van der Waals surface area contributed by atoms with Crippen LogP contribution in [0.25, 0.3) is 10.8 Å². The van der Waals surface area contributed by atoms with Crippen molar-refractivity contribution in [2.75, 3.05) is 19.8 Å². The van der Waals surface area contributed by atoms with E-state index in [-0.39, 0.29) is 12.4 Å². The highest BCUT2D eigenvalue weighted by atomic mass is 19.1. The summed E-state index contributed by atoms with van der Waals surface area (Å²) in [6.07, 6.45) is 3.04. The lowest BCUT2D eigenvalue weighted by atomic mass is 10.0. The van der Waals surface area contributed by atoms with Crippen LogP contribution in [0.1, 0.15) is 55.2 Å². The molecule has 0 radical (unpaired) electrons. The Balaban J connectivity index is 1.43. The maximum atomic E-state index is 13.5. The van der Waals surface area contributed by atoms with E-state index < -0.39 is 36.7 Å². The molecular formula is C33H40FNO7. The predicted octanol–water partition coefficient (Wildman–Crippen LogP) is 5.47. The number of nitrogens with one attached hydrogen (secondary N) is 1. The first-order valence-electron chi connectivity index (χ1n) is 14.4. The van der Waals surface area contributed by atoms with Gasteiger partial charge < -0.3 is 25.0 Å². The van der Waals surface area contributed by atoms with Crippen molar-refractivity contribution in [2.45, 2.75) is 70.5 Å². The first-order valence-corrected chi connectivity index (χ1v) is 14.4. The van der Waals surface area contributed by atoms with Crippen LogP contribution in [0.4, 0.5) is 4.39 Å². The van der Waals surface area contributed by atoms with Gasteiger partial charge in [-0.3, -0.25) is 4.79 Å². The summed E-state index contributed by atoms with van der Waals surface area (Å²) in [5.41, 5.74) is 2.87. The number of fused-ring (bicyclic) bond motifs is 1. The fourth-order valence-corrected chi connectivity index (χ4v) is 4.77. The number of carboxylic acid groups (broad SMARTS) is 2. The van der Waals surface area contributed by atoms with Gasteiger partial charge in [-0.05, 0) is 79.0 Å². The van der Waals surface area contributed by atoms with E-state index in [1.807, 2.05) is 18.2 Å². The van der Waals surface area contributed by atoms with E-state index in [4.69, 9.17) is 14.6 Å². The Hall–Kier alpha value is -3.82. The molecule has 0 spiro atoms. The maximum absolute atomic E-state index is 13.5. The third kappa shape index (κ3) is 10.9. The average molecular weight is 582 g/mol. The second-order valence-electron chi connectivity index (χ2n) is 10.4. The summed E-state index contributed by atoms with van der Waals surface area (Å²) in [6.45, 7) is 1.29. The van der Waals surface area contributed by atoms with Crippen LogP contribution in [-0.2, 0) is 36.7 Å². The Kier molecular flexibility index (Phi) is 13.4. The van der Waals surface area contributed by atoms with Crippen molar-refractivity contribution >= 4 is 28.6 Å². The molecule has 0 heterocycles. The maximum Gasteiger partial charge on any atom is 0.336 e. The number of unbranched alkanes of at least 4 members (excludes halogenated alkanes) is 4. The molecule has 0 fully saturated rings. The summed E-state index contributed by atoms with van der Waals surface area (Å²) in [7, 11) is 0. The zero-order chi connectivity index (χ0) is 30.3. The Morgan fingerprint density at radius 1 is 0.786 bits per heavy atom. The van der Waals surface area contributed by atoms with Gasteiger partial charge >= 0.3 is 11.9 Å². The monoisotopic (exact) mass is 581 g/mol. The van der Waals surface area contributed by atoms with Gasteiger partial charge in [0.15, 0.2) is 12.2 Å². The number of carbonyl (C=O) groups excluding carboxylic acids is 1. The molecule has 42 heavy (non-hydrogen) atoms. The van der Waals surface area contributed by atoms with Crippen LogP contribution in [0.3, 0.4) is 0 Å². The molecule has 0 aromatic heterocycles. The zero-order valence-electron chi connectivity index (χ0n) is 24.0. The molecule has 2 unspecified atom stereocenters. The Labute approximate surface area is 245 Å². The highest BCUT2D eigenvalue weighted by Gasteiger charge is 2.36. The number of carbonyl (C=O) groups is 3. The number of halogens is 1. The number of ether oxygens (including phenoxy) is 2. The van der Waals surface area contributed by atoms with Gasteiger partial charge in [-0.2, -0.15) is 0 Å². The molecule has 3 aromatic carbocycles. The Morgan fingerprint density at radius 3 is 2.14 bits per heavy atom. The van der Waals surface area contributed by atoms with Crippen molar-refractivity contribution in [3.05, 3.63) is 83.2 Å². The van der Waals surface area contributed by atoms with Crippen LogP contribution in [-0.4, -0.2) is 60.0 Å². The lowest BCUT2D eigenvalue weighted by Crippen LogP contribution is -2.49. The molecule has 2 atom stereocenters. The Bertz CT molecular complexity index is 1330. The van der Waals surface area contributed by atoms with Crippen molar-refractivity contribution in [3.63, 3.8) is 0 Å². The number of amides is 1. The molecule has 3 aromatic rings. The molecule has 226 valence electrons. The summed E-state index contributed by atoms with van der Waals surface area (Å²) in [4.78, 5) is 35.7. The SMILES string of the molecule is Cc1cc(CCCCCOC(C(=O)NCCCCCc2ccc3ccccc3c2)C(OCC(=O)O)C(=O)O)ccc1F. The van der Waals surface area contributed by atoms with Gasteiger partial charge in [-0.25, -0.2) is 14.0 Å². The molecule has 0 saturated heterocycles. The highest BCUT2D eigenvalue weighted by Crippen LogP contribution is 2.17. The number of hydrogen-bond acceptors (Lipinski definition) is 5. The predicted molar refractivity (Wildman–Crippen MR) is 158 cm³/mol. The lowest BCUT2D eigenvalue weighted by Gasteiger charge is -2.23. The van der Waals surface area contributed by atoms with Crippen molar-refractivity contribution < 1.29 is 38.5 Å². The van der Waals surface area contributed by atoms with E-state index in [1.165, 1.54) is 22.4 Å². The standard InChI is InChI=1S/C33H40FNO7/c1-23-20-24(15-17-28(23)34)10-5-3-9-19-41-30(31(33(39)40)42-22-29(36)37)32(38)35-18-8-2-4-11-25-14-16-26-12-6-7-13-27(26)21-25/h6-7,12-17,20-21,30-31H,2-5,8-11,18-19,22H2,1H3,(H,35,38)(H,36,37)(H,39,40). The molecule has 8 nitrogen and oxygen atoms in total. The quantitative estimate of drug-likeness (QED) is 0.161. The number of hydrogen-bond donors (Lipinski definition) is 3. The van der Waals surface area contributed by atoms with E-state index in [2.05, 4.69) is 35.6 Å². The van der Waals surface area contributed by atoms with E-state index in [0.29, 0.717) is 24.9 Å². The molecule has 1 amide bonds. The van der Waals surface area contributed by atoms with Gasteiger partial charge in [-0.1, -0.05) is 67.4 Å². The molecule has 0 bridgehead atoms. The number of rotatable bonds is 19. The number of carboxylic acids is 2.